The zero-order chi connectivity index (χ0) is 14.5. The molecule has 2 rings (SSSR count). The quantitative estimate of drug-likeness (QED) is 0.877. The van der Waals surface area contributed by atoms with Crippen LogP contribution in [0.5, 0.6) is 0 Å². The molecule has 0 amide bonds. The minimum absolute atomic E-state index is 0.0880. The molecule has 0 bridgehead atoms. The van der Waals surface area contributed by atoms with Gasteiger partial charge < -0.3 is 14.5 Å². The molecule has 1 N–H and O–H groups in total. The molecule has 5 nitrogen and oxygen atoms in total. The van der Waals surface area contributed by atoms with Gasteiger partial charge in [0.05, 0.1) is 13.0 Å². The van der Waals surface area contributed by atoms with Crippen molar-refractivity contribution in [2.24, 2.45) is 0 Å². The Hall–Kier alpha value is -2.30. The normalized spacial score (nSPS) is 10.5. The molecule has 0 aliphatic carbocycles. The van der Waals surface area contributed by atoms with Gasteiger partial charge in [0.1, 0.15) is 11.5 Å². The van der Waals surface area contributed by atoms with Crippen LogP contribution in [0.25, 0.3) is 0 Å². The lowest BCUT2D eigenvalue weighted by Crippen LogP contribution is -2.25. The molecule has 1 aromatic heterocycles. The van der Waals surface area contributed by atoms with Gasteiger partial charge in [-0.1, -0.05) is 22.9 Å². The average molecular weight is 274 g/mol. The Labute approximate surface area is 117 Å². The van der Waals surface area contributed by atoms with Gasteiger partial charge in [0.15, 0.2) is 0 Å². The molecule has 106 valence electrons. The number of aliphatic carboxylic acids is 1. The highest BCUT2D eigenvalue weighted by molar-refractivity contribution is 5.67. The Kier molecular flexibility index (Phi) is 4.40. The highest BCUT2D eigenvalue weighted by Crippen LogP contribution is 2.18. The van der Waals surface area contributed by atoms with Crippen molar-refractivity contribution in [2.45, 2.75) is 26.8 Å². The second-order valence-electron chi connectivity index (χ2n) is 4.83. The van der Waals surface area contributed by atoms with Crippen LogP contribution in [0.2, 0.25) is 0 Å². The Morgan fingerprint density at radius 1 is 1.30 bits per heavy atom. The zero-order valence-electron chi connectivity index (χ0n) is 11.7. The minimum atomic E-state index is -0.807. The van der Waals surface area contributed by atoms with E-state index in [9.17, 15) is 4.79 Å². The zero-order valence-corrected chi connectivity index (χ0v) is 11.7. The fourth-order valence-electron chi connectivity index (χ4n) is 1.97. The number of benzene rings is 1. The summed E-state index contributed by atoms with van der Waals surface area (Å²) in [5.74, 6) is -0.0551. The second-order valence-corrected chi connectivity index (χ2v) is 4.83. The Balaban J connectivity index is 2.15. The van der Waals surface area contributed by atoms with E-state index in [-0.39, 0.29) is 6.42 Å². The molecule has 0 radical (unpaired) electrons. The van der Waals surface area contributed by atoms with Gasteiger partial charge in [-0.25, -0.2) is 0 Å². The van der Waals surface area contributed by atoms with E-state index in [1.54, 1.807) is 0 Å². The number of nitrogens with zero attached hydrogens (tertiary/aromatic N) is 2. The largest absolute Gasteiger partial charge is 0.481 e. The standard InChI is InChI=1S/C15H18N2O3/c1-11-3-5-14(6-4-11)17(8-7-15(18)19)10-13-9-12(2)20-16-13/h3-6,9H,7-8,10H2,1-2H3,(H,18,19). The Bertz CT molecular complexity index is 575. The van der Waals surface area contributed by atoms with E-state index in [1.807, 2.05) is 49.1 Å². The summed E-state index contributed by atoms with van der Waals surface area (Å²) in [5, 5.41) is 12.8. The smallest absolute Gasteiger partial charge is 0.305 e. The number of anilines is 1. The van der Waals surface area contributed by atoms with Crippen LogP contribution in [-0.2, 0) is 11.3 Å². The molecule has 5 heteroatoms. The molecular formula is C15H18N2O3. The number of aryl methyl sites for hydroxylation is 2. The van der Waals surface area contributed by atoms with Crippen molar-refractivity contribution in [1.82, 2.24) is 5.16 Å². The molecule has 0 saturated carbocycles. The molecule has 0 fully saturated rings. The molecule has 0 aliphatic rings. The SMILES string of the molecule is Cc1ccc(N(CCC(=O)O)Cc2cc(C)on2)cc1. The van der Waals surface area contributed by atoms with E-state index >= 15 is 0 Å². The topological polar surface area (TPSA) is 66.6 Å². The highest BCUT2D eigenvalue weighted by Gasteiger charge is 2.12. The van der Waals surface area contributed by atoms with E-state index in [0.717, 1.165) is 17.1 Å². The molecule has 0 aliphatic heterocycles. The van der Waals surface area contributed by atoms with Gasteiger partial charge in [0.25, 0.3) is 0 Å². The van der Waals surface area contributed by atoms with E-state index in [2.05, 4.69) is 5.16 Å². The fourth-order valence-corrected chi connectivity index (χ4v) is 1.97. The van der Waals surface area contributed by atoms with Crippen molar-refractivity contribution in [1.29, 1.82) is 0 Å². The van der Waals surface area contributed by atoms with Gasteiger partial charge in [0, 0.05) is 18.3 Å². The molecule has 0 saturated heterocycles. The van der Waals surface area contributed by atoms with Gasteiger partial charge in [-0.05, 0) is 26.0 Å². The Morgan fingerprint density at radius 2 is 2.00 bits per heavy atom. The summed E-state index contributed by atoms with van der Waals surface area (Å²) in [6.45, 7) is 4.83. The lowest BCUT2D eigenvalue weighted by molar-refractivity contribution is -0.136. The number of aromatic nitrogens is 1. The van der Waals surface area contributed by atoms with Crippen molar-refractivity contribution in [2.75, 3.05) is 11.4 Å². The number of hydrogen-bond acceptors (Lipinski definition) is 4. The van der Waals surface area contributed by atoms with Crippen LogP contribution in [0.15, 0.2) is 34.9 Å². The number of carbonyl (C=O) groups is 1. The minimum Gasteiger partial charge on any atom is -0.481 e. The lowest BCUT2D eigenvalue weighted by Gasteiger charge is -2.23. The number of hydrogen-bond donors (Lipinski definition) is 1. The van der Waals surface area contributed by atoms with Crippen molar-refractivity contribution in [3.8, 4) is 0 Å². The van der Waals surface area contributed by atoms with Crippen molar-refractivity contribution < 1.29 is 14.4 Å². The van der Waals surface area contributed by atoms with Crippen LogP contribution in [0.4, 0.5) is 5.69 Å². The molecule has 2 aromatic rings. The summed E-state index contributed by atoms with van der Waals surface area (Å²) >= 11 is 0. The van der Waals surface area contributed by atoms with Crippen molar-refractivity contribution >= 4 is 11.7 Å². The molecule has 20 heavy (non-hydrogen) atoms. The van der Waals surface area contributed by atoms with Gasteiger partial charge in [-0.2, -0.15) is 0 Å². The first-order valence-corrected chi connectivity index (χ1v) is 6.50. The van der Waals surface area contributed by atoms with Crippen LogP contribution >= 0.6 is 0 Å². The molecule has 1 heterocycles. The number of carboxylic acid groups (broad SMARTS) is 1. The number of rotatable bonds is 6. The summed E-state index contributed by atoms with van der Waals surface area (Å²) in [6.07, 6.45) is 0.0880. The van der Waals surface area contributed by atoms with E-state index in [4.69, 9.17) is 9.63 Å². The maximum Gasteiger partial charge on any atom is 0.305 e. The maximum atomic E-state index is 10.8. The average Bonchev–Trinajstić information content (AvgIpc) is 2.81. The third-order valence-corrected chi connectivity index (χ3v) is 3.02. The molecule has 0 spiro atoms. The summed E-state index contributed by atoms with van der Waals surface area (Å²) in [5.41, 5.74) is 2.95. The third-order valence-electron chi connectivity index (χ3n) is 3.02. The van der Waals surface area contributed by atoms with Gasteiger partial charge >= 0.3 is 5.97 Å². The highest BCUT2D eigenvalue weighted by atomic mass is 16.5. The molecule has 1 aromatic carbocycles. The van der Waals surface area contributed by atoms with Crippen LogP contribution in [0, 0.1) is 13.8 Å². The third kappa shape index (κ3) is 3.85. The van der Waals surface area contributed by atoms with Crippen LogP contribution in [0.1, 0.15) is 23.4 Å². The number of carboxylic acids is 1. The summed E-state index contributed by atoms with van der Waals surface area (Å²) in [7, 11) is 0. The summed E-state index contributed by atoms with van der Waals surface area (Å²) in [4.78, 5) is 12.8. The molecular weight excluding hydrogens is 256 g/mol. The van der Waals surface area contributed by atoms with Crippen LogP contribution < -0.4 is 4.90 Å². The first kappa shape index (κ1) is 14.1. The molecule has 0 atom stereocenters. The van der Waals surface area contributed by atoms with Gasteiger partial charge in [-0.3, -0.25) is 4.79 Å². The van der Waals surface area contributed by atoms with Crippen LogP contribution in [-0.4, -0.2) is 22.8 Å². The second kappa shape index (κ2) is 6.23. The van der Waals surface area contributed by atoms with Gasteiger partial charge in [0.2, 0.25) is 0 Å². The Morgan fingerprint density at radius 3 is 2.55 bits per heavy atom. The fraction of sp³-hybridized carbons (Fsp3) is 0.333. The van der Waals surface area contributed by atoms with E-state index in [1.165, 1.54) is 5.56 Å². The van der Waals surface area contributed by atoms with E-state index in [0.29, 0.717) is 13.1 Å². The lowest BCUT2D eigenvalue weighted by atomic mass is 10.2. The van der Waals surface area contributed by atoms with Gasteiger partial charge in [-0.15, -0.1) is 0 Å². The first-order valence-electron chi connectivity index (χ1n) is 6.50. The molecule has 0 unspecified atom stereocenters. The van der Waals surface area contributed by atoms with Crippen LogP contribution in [0.3, 0.4) is 0 Å². The summed E-state index contributed by atoms with van der Waals surface area (Å²) < 4.78 is 5.05. The predicted molar refractivity (Wildman–Crippen MR) is 75.7 cm³/mol. The van der Waals surface area contributed by atoms with Crippen molar-refractivity contribution in [3.63, 3.8) is 0 Å². The first-order chi connectivity index (χ1) is 9.54. The monoisotopic (exact) mass is 274 g/mol. The van der Waals surface area contributed by atoms with E-state index < -0.39 is 5.97 Å². The summed E-state index contributed by atoms with van der Waals surface area (Å²) in [6, 6.07) is 9.87. The maximum absolute atomic E-state index is 10.8. The predicted octanol–water partition coefficient (Wildman–Crippen LogP) is 2.77. The van der Waals surface area contributed by atoms with Crippen molar-refractivity contribution in [3.05, 3.63) is 47.3 Å².